The van der Waals surface area contributed by atoms with Gasteiger partial charge in [-0.05, 0) is 38.0 Å². The van der Waals surface area contributed by atoms with Crippen LogP contribution in [0.15, 0.2) is 18.2 Å². The molecule has 0 saturated carbocycles. The molecule has 1 aromatic carbocycles. The monoisotopic (exact) mass is 278 g/mol. The van der Waals surface area contributed by atoms with Crippen LogP contribution in [0.2, 0.25) is 0 Å². The van der Waals surface area contributed by atoms with Crippen LogP contribution in [0.1, 0.15) is 30.1 Å². The molecular formula is C15H19ClN2O. The minimum Gasteiger partial charge on any atom is -0.381 e. The predicted molar refractivity (Wildman–Crippen MR) is 77.7 cm³/mol. The Hall–Kier alpha value is -1.06. The lowest BCUT2D eigenvalue weighted by Gasteiger charge is -2.14. The summed E-state index contributed by atoms with van der Waals surface area (Å²) in [4.78, 5) is 4.71. The Morgan fingerprint density at radius 1 is 1.53 bits per heavy atom. The summed E-state index contributed by atoms with van der Waals surface area (Å²) >= 11 is 6.29. The lowest BCUT2D eigenvalue weighted by atomic mass is 10.1. The molecule has 2 atom stereocenters. The molecule has 102 valence electrons. The van der Waals surface area contributed by atoms with Crippen molar-refractivity contribution in [3.8, 4) is 0 Å². The van der Waals surface area contributed by atoms with E-state index in [1.807, 2.05) is 6.92 Å². The highest BCUT2D eigenvalue weighted by molar-refractivity contribution is 6.20. The molecule has 0 bridgehead atoms. The van der Waals surface area contributed by atoms with Crippen LogP contribution in [-0.4, -0.2) is 22.8 Å². The third-order valence-electron chi connectivity index (χ3n) is 3.75. The molecule has 1 aromatic heterocycles. The lowest BCUT2D eigenvalue weighted by Crippen LogP contribution is -2.13. The summed E-state index contributed by atoms with van der Waals surface area (Å²) < 4.78 is 7.74. The van der Waals surface area contributed by atoms with E-state index in [0.717, 1.165) is 37.5 Å². The molecule has 2 heterocycles. The summed E-state index contributed by atoms with van der Waals surface area (Å²) in [6.07, 6.45) is 1.13. The zero-order valence-corrected chi connectivity index (χ0v) is 12.2. The first kappa shape index (κ1) is 12.9. The fourth-order valence-electron chi connectivity index (χ4n) is 2.74. The molecule has 1 aliphatic heterocycles. The standard InChI is InChI=1S/C15H19ClN2O/c1-10-3-4-14-13(7-10)17-15(11(2)16)18(14)8-12-5-6-19-9-12/h3-4,7,11-12H,5-6,8-9H2,1-2H3. The Balaban J connectivity index is 2.05. The van der Waals surface area contributed by atoms with E-state index in [9.17, 15) is 0 Å². The summed E-state index contributed by atoms with van der Waals surface area (Å²) in [6, 6.07) is 6.41. The molecular weight excluding hydrogens is 260 g/mol. The summed E-state index contributed by atoms with van der Waals surface area (Å²) in [5.41, 5.74) is 3.46. The van der Waals surface area contributed by atoms with Crippen molar-refractivity contribution in [3.05, 3.63) is 29.6 Å². The second-order valence-electron chi connectivity index (χ2n) is 5.42. The highest BCUT2D eigenvalue weighted by atomic mass is 35.5. The van der Waals surface area contributed by atoms with E-state index >= 15 is 0 Å². The van der Waals surface area contributed by atoms with Gasteiger partial charge in [0, 0.05) is 19.1 Å². The zero-order valence-electron chi connectivity index (χ0n) is 11.4. The van der Waals surface area contributed by atoms with Gasteiger partial charge >= 0.3 is 0 Å². The van der Waals surface area contributed by atoms with Gasteiger partial charge in [-0.15, -0.1) is 11.6 Å². The average molecular weight is 279 g/mol. The van der Waals surface area contributed by atoms with E-state index in [0.29, 0.717) is 5.92 Å². The number of fused-ring (bicyclic) bond motifs is 1. The smallest absolute Gasteiger partial charge is 0.127 e. The molecule has 1 saturated heterocycles. The van der Waals surface area contributed by atoms with Crippen molar-refractivity contribution in [2.45, 2.75) is 32.2 Å². The van der Waals surface area contributed by atoms with Crippen LogP contribution < -0.4 is 0 Å². The SMILES string of the molecule is Cc1ccc2c(c1)nc(C(C)Cl)n2CC1CCOC1. The van der Waals surface area contributed by atoms with E-state index < -0.39 is 0 Å². The van der Waals surface area contributed by atoms with E-state index in [4.69, 9.17) is 21.3 Å². The maximum absolute atomic E-state index is 6.29. The second kappa shape index (κ2) is 5.14. The van der Waals surface area contributed by atoms with E-state index in [-0.39, 0.29) is 5.38 Å². The van der Waals surface area contributed by atoms with Crippen LogP contribution in [0.5, 0.6) is 0 Å². The highest BCUT2D eigenvalue weighted by Crippen LogP contribution is 2.27. The van der Waals surface area contributed by atoms with Crippen molar-refractivity contribution in [2.75, 3.05) is 13.2 Å². The molecule has 1 fully saturated rings. The Bertz CT molecular complexity index is 585. The van der Waals surface area contributed by atoms with Crippen molar-refractivity contribution < 1.29 is 4.74 Å². The van der Waals surface area contributed by atoms with Gasteiger partial charge < -0.3 is 9.30 Å². The van der Waals surface area contributed by atoms with Gasteiger partial charge in [0.2, 0.25) is 0 Å². The molecule has 3 rings (SSSR count). The maximum atomic E-state index is 6.29. The van der Waals surface area contributed by atoms with Gasteiger partial charge in [-0.25, -0.2) is 4.98 Å². The second-order valence-corrected chi connectivity index (χ2v) is 6.07. The van der Waals surface area contributed by atoms with Crippen LogP contribution >= 0.6 is 11.6 Å². The number of hydrogen-bond acceptors (Lipinski definition) is 2. The normalized spacial score (nSPS) is 21.1. The predicted octanol–water partition coefficient (Wildman–Crippen LogP) is 3.68. The molecule has 1 aliphatic rings. The highest BCUT2D eigenvalue weighted by Gasteiger charge is 2.21. The minimum atomic E-state index is -0.0740. The molecule has 2 unspecified atom stereocenters. The van der Waals surface area contributed by atoms with Crippen molar-refractivity contribution in [1.29, 1.82) is 0 Å². The lowest BCUT2D eigenvalue weighted by molar-refractivity contribution is 0.182. The first-order chi connectivity index (χ1) is 9.15. The maximum Gasteiger partial charge on any atom is 0.127 e. The minimum absolute atomic E-state index is 0.0740. The van der Waals surface area contributed by atoms with Crippen LogP contribution in [0, 0.1) is 12.8 Å². The molecule has 4 heteroatoms. The van der Waals surface area contributed by atoms with Gasteiger partial charge in [0.25, 0.3) is 0 Å². The van der Waals surface area contributed by atoms with E-state index in [2.05, 4.69) is 29.7 Å². The first-order valence-electron chi connectivity index (χ1n) is 6.84. The fourth-order valence-corrected chi connectivity index (χ4v) is 2.91. The molecule has 0 amide bonds. The van der Waals surface area contributed by atoms with Crippen LogP contribution in [0.25, 0.3) is 11.0 Å². The van der Waals surface area contributed by atoms with Gasteiger partial charge in [0.1, 0.15) is 5.82 Å². The summed E-state index contributed by atoms with van der Waals surface area (Å²) in [5.74, 6) is 1.54. The molecule has 3 nitrogen and oxygen atoms in total. The Morgan fingerprint density at radius 3 is 3.05 bits per heavy atom. The number of aromatic nitrogens is 2. The van der Waals surface area contributed by atoms with Crippen molar-refractivity contribution >= 4 is 22.6 Å². The number of imidazole rings is 1. The van der Waals surface area contributed by atoms with Gasteiger partial charge in [-0.3, -0.25) is 0 Å². The van der Waals surface area contributed by atoms with Crippen molar-refractivity contribution in [2.24, 2.45) is 5.92 Å². The largest absolute Gasteiger partial charge is 0.381 e. The Labute approximate surface area is 118 Å². The molecule has 2 aromatic rings. The molecule has 0 N–H and O–H groups in total. The van der Waals surface area contributed by atoms with Gasteiger partial charge in [0.15, 0.2) is 0 Å². The van der Waals surface area contributed by atoms with Crippen molar-refractivity contribution in [3.63, 3.8) is 0 Å². The number of hydrogen-bond donors (Lipinski definition) is 0. The summed E-state index contributed by atoms with van der Waals surface area (Å²) in [7, 11) is 0. The van der Waals surface area contributed by atoms with Gasteiger partial charge in [-0.1, -0.05) is 6.07 Å². The van der Waals surface area contributed by atoms with Crippen LogP contribution in [0.3, 0.4) is 0 Å². The number of alkyl halides is 1. The third-order valence-corrected chi connectivity index (χ3v) is 3.95. The summed E-state index contributed by atoms with van der Waals surface area (Å²) in [6.45, 7) is 6.75. The number of benzene rings is 1. The fraction of sp³-hybridized carbons (Fsp3) is 0.533. The number of aryl methyl sites for hydroxylation is 1. The number of nitrogens with zero attached hydrogens (tertiary/aromatic N) is 2. The van der Waals surface area contributed by atoms with Crippen molar-refractivity contribution in [1.82, 2.24) is 9.55 Å². The Morgan fingerprint density at radius 2 is 2.37 bits per heavy atom. The average Bonchev–Trinajstić information content (AvgIpc) is 2.97. The molecule has 0 radical (unpaired) electrons. The van der Waals surface area contributed by atoms with Gasteiger partial charge in [0.05, 0.1) is 23.0 Å². The van der Waals surface area contributed by atoms with Crippen LogP contribution in [-0.2, 0) is 11.3 Å². The van der Waals surface area contributed by atoms with Crippen LogP contribution in [0.4, 0.5) is 0 Å². The zero-order chi connectivity index (χ0) is 13.4. The summed E-state index contributed by atoms with van der Waals surface area (Å²) in [5, 5.41) is -0.0740. The molecule has 0 aliphatic carbocycles. The third kappa shape index (κ3) is 2.49. The topological polar surface area (TPSA) is 27.1 Å². The quantitative estimate of drug-likeness (QED) is 0.801. The van der Waals surface area contributed by atoms with Gasteiger partial charge in [-0.2, -0.15) is 0 Å². The van der Waals surface area contributed by atoms with E-state index in [1.54, 1.807) is 0 Å². The molecule has 19 heavy (non-hydrogen) atoms. The first-order valence-corrected chi connectivity index (χ1v) is 7.27. The number of rotatable bonds is 3. The number of halogens is 1. The number of ether oxygens (including phenoxy) is 1. The molecule has 0 spiro atoms. The van der Waals surface area contributed by atoms with E-state index in [1.165, 1.54) is 11.1 Å². The Kier molecular flexibility index (Phi) is 3.50.